The lowest BCUT2D eigenvalue weighted by Crippen LogP contribution is -2.29. The number of carbonyl (C=O) groups is 2. The van der Waals surface area contributed by atoms with Crippen LogP contribution in [0.1, 0.15) is 181 Å². The van der Waals surface area contributed by atoms with Crippen molar-refractivity contribution in [3.8, 4) is 0 Å². The summed E-state index contributed by atoms with van der Waals surface area (Å²) in [5.41, 5.74) is 5.34. The number of carbonyl (C=O) groups excluding carboxylic acids is 2. The van der Waals surface area contributed by atoms with E-state index in [1.165, 1.54) is 64.2 Å². The lowest BCUT2D eigenvalue weighted by Gasteiger charge is -2.19. The summed E-state index contributed by atoms with van der Waals surface area (Å²) in [5, 5.41) is 0. The van der Waals surface area contributed by atoms with E-state index in [2.05, 4.69) is 74.6 Å². The first-order chi connectivity index (χ1) is 26.8. The third-order valence-electron chi connectivity index (χ3n) is 8.89. The number of nitrogens with two attached hydrogens (primary N) is 1. The first kappa shape index (κ1) is 52.7. The third-order valence-corrected chi connectivity index (χ3v) is 9.87. The van der Waals surface area contributed by atoms with Crippen LogP contribution in [0.25, 0.3) is 0 Å². The highest BCUT2D eigenvalue weighted by atomic mass is 31.2. The molecule has 9 nitrogen and oxygen atoms in total. The molecule has 0 fully saturated rings. The highest BCUT2D eigenvalue weighted by molar-refractivity contribution is 7.47. The smallest absolute Gasteiger partial charge is 0.462 e. The predicted molar refractivity (Wildman–Crippen MR) is 229 cm³/mol. The average Bonchev–Trinajstić information content (AvgIpc) is 3.17. The van der Waals surface area contributed by atoms with Crippen molar-refractivity contribution in [2.75, 3.05) is 26.4 Å². The average molecular weight is 794 g/mol. The summed E-state index contributed by atoms with van der Waals surface area (Å²) >= 11 is 0. The fourth-order valence-corrected chi connectivity index (χ4v) is 6.44. The second-order valence-corrected chi connectivity index (χ2v) is 15.6. The van der Waals surface area contributed by atoms with Crippen molar-refractivity contribution in [3.05, 3.63) is 60.8 Å². The van der Waals surface area contributed by atoms with E-state index in [9.17, 15) is 19.0 Å². The van der Waals surface area contributed by atoms with Crippen molar-refractivity contribution in [2.45, 2.75) is 187 Å². The molecule has 0 bridgehead atoms. The number of allylic oxidation sites excluding steroid dienone is 10. The standard InChI is InChI=1S/C45H80NO8P/c1-3-5-7-9-11-13-15-17-19-21-23-25-27-29-31-33-35-37-44(47)51-41-43(42-53-55(49,50)52-40-39-46)54-45(48)38-36-34-32-30-28-26-24-22-20-18-16-14-12-10-8-6-4-2/h6,8,12,14,17-20,24,26,43H,3-5,7,9-11,13,15-16,21-23,25,27-42,46H2,1-2H3,(H,49,50)/t43-/m1/s1. The SMILES string of the molecule is CCC=CCC=CCC=CCC=CCCCCCCC(=O)O[C@H](COC(=O)CCCCCCCCCC=CCCCCCCCC)COP(=O)(O)OCCN. The van der Waals surface area contributed by atoms with E-state index in [1.807, 2.05) is 0 Å². The molecule has 0 radical (unpaired) electrons. The molecule has 0 saturated carbocycles. The minimum Gasteiger partial charge on any atom is -0.462 e. The highest BCUT2D eigenvalue weighted by Gasteiger charge is 2.26. The number of ether oxygens (including phenoxy) is 2. The number of unbranched alkanes of at least 4 members (excludes halogenated alkanes) is 17. The third kappa shape index (κ3) is 41.2. The monoisotopic (exact) mass is 794 g/mol. The molecule has 318 valence electrons. The van der Waals surface area contributed by atoms with Crippen LogP contribution in [0, 0.1) is 0 Å². The van der Waals surface area contributed by atoms with Crippen LogP contribution in [0.15, 0.2) is 60.8 Å². The number of phosphoric ester groups is 1. The maximum absolute atomic E-state index is 12.6. The second-order valence-electron chi connectivity index (χ2n) is 14.2. The van der Waals surface area contributed by atoms with E-state index >= 15 is 0 Å². The fourth-order valence-electron chi connectivity index (χ4n) is 5.68. The molecular weight excluding hydrogens is 713 g/mol. The molecule has 1 unspecified atom stereocenters. The fraction of sp³-hybridized carbons (Fsp3) is 0.733. The molecule has 0 saturated heterocycles. The summed E-state index contributed by atoms with van der Waals surface area (Å²) in [6.07, 6.45) is 48.2. The van der Waals surface area contributed by atoms with Crippen LogP contribution in [-0.4, -0.2) is 49.3 Å². The molecule has 0 aliphatic carbocycles. The van der Waals surface area contributed by atoms with Crippen LogP contribution in [0.4, 0.5) is 0 Å². The van der Waals surface area contributed by atoms with Gasteiger partial charge in [-0.25, -0.2) is 4.57 Å². The topological polar surface area (TPSA) is 134 Å². The number of hydrogen-bond donors (Lipinski definition) is 2. The van der Waals surface area contributed by atoms with Gasteiger partial charge in [0.1, 0.15) is 6.61 Å². The van der Waals surface area contributed by atoms with Gasteiger partial charge in [-0.1, -0.05) is 152 Å². The van der Waals surface area contributed by atoms with Crippen LogP contribution in [0.3, 0.4) is 0 Å². The van der Waals surface area contributed by atoms with Gasteiger partial charge in [0.25, 0.3) is 0 Å². The van der Waals surface area contributed by atoms with Gasteiger partial charge in [0, 0.05) is 19.4 Å². The molecule has 0 aromatic rings. The van der Waals surface area contributed by atoms with E-state index in [4.69, 9.17) is 24.3 Å². The number of esters is 2. The van der Waals surface area contributed by atoms with Gasteiger partial charge in [-0.3, -0.25) is 18.6 Å². The lowest BCUT2D eigenvalue weighted by atomic mass is 10.1. The van der Waals surface area contributed by atoms with Gasteiger partial charge < -0.3 is 20.1 Å². The van der Waals surface area contributed by atoms with Crippen molar-refractivity contribution in [3.63, 3.8) is 0 Å². The van der Waals surface area contributed by atoms with Crippen LogP contribution < -0.4 is 5.73 Å². The Morgan fingerprint density at radius 2 is 1.00 bits per heavy atom. The Hall–Kier alpha value is -2.29. The zero-order chi connectivity index (χ0) is 40.3. The Morgan fingerprint density at radius 3 is 1.51 bits per heavy atom. The first-order valence-corrected chi connectivity index (χ1v) is 23.3. The number of hydrogen-bond acceptors (Lipinski definition) is 8. The van der Waals surface area contributed by atoms with E-state index in [-0.39, 0.29) is 32.6 Å². The minimum absolute atomic E-state index is 0.0460. The van der Waals surface area contributed by atoms with E-state index in [0.717, 1.165) is 83.5 Å². The molecule has 0 aromatic carbocycles. The Kier molecular flexibility index (Phi) is 39.6. The van der Waals surface area contributed by atoms with Gasteiger partial charge in [-0.2, -0.15) is 0 Å². The minimum atomic E-state index is -4.39. The Bertz CT molecular complexity index is 1090. The maximum Gasteiger partial charge on any atom is 0.472 e. The van der Waals surface area contributed by atoms with Gasteiger partial charge in [0.05, 0.1) is 13.2 Å². The van der Waals surface area contributed by atoms with E-state index in [1.54, 1.807) is 0 Å². The number of rotatable bonds is 40. The van der Waals surface area contributed by atoms with Gasteiger partial charge in [0.2, 0.25) is 0 Å². The Labute approximate surface area is 336 Å². The van der Waals surface area contributed by atoms with Crippen LogP contribution in [-0.2, 0) is 32.7 Å². The molecule has 55 heavy (non-hydrogen) atoms. The molecule has 0 aliphatic heterocycles. The summed E-state index contributed by atoms with van der Waals surface area (Å²) in [4.78, 5) is 34.9. The summed E-state index contributed by atoms with van der Waals surface area (Å²) in [6, 6.07) is 0. The molecule has 0 rings (SSSR count). The molecule has 0 spiro atoms. The van der Waals surface area contributed by atoms with Gasteiger partial charge >= 0.3 is 19.8 Å². The van der Waals surface area contributed by atoms with E-state index in [0.29, 0.717) is 6.42 Å². The number of phosphoric acid groups is 1. The Morgan fingerprint density at radius 1 is 0.564 bits per heavy atom. The zero-order valence-electron chi connectivity index (χ0n) is 34.9. The maximum atomic E-state index is 12.6. The second kappa shape index (κ2) is 41.3. The van der Waals surface area contributed by atoms with Gasteiger partial charge in [0.15, 0.2) is 6.10 Å². The summed E-state index contributed by atoms with van der Waals surface area (Å²) < 4.78 is 32.8. The summed E-state index contributed by atoms with van der Waals surface area (Å²) in [7, 11) is -4.39. The molecular formula is C45H80NO8P. The zero-order valence-corrected chi connectivity index (χ0v) is 35.8. The van der Waals surface area contributed by atoms with Crippen molar-refractivity contribution < 1.29 is 37.6 Å². The molecule has 0 heterocycles. The van der Waals surface area contributed by atoms with Crippen molar-refractivity contribution in [1.29, 1.82) is 0 Å². The van der Waals surface area contributed by atoms with Crippen LogP contribution in [0.5, 0.6) is 0 Å². The first-order valence-electron chi connectivity index (χ1n) is 21.8. The summed E-state index contributed by atoms with van der Waals surface area (Å²) in [5.74, 6) is -0.864. The molecule has 0 aromatic heterocycles. The van der Waals surface area contributed by atoms with Crippen LogP contribution in [0.2, 0.25) is 0 Å². The quantitative estimate of drug-likeness (QED) is 0.0269. The Balaban J connectivity index is 4.21. The summed E-state index contributed by atoms with van der Waals surface area (Å²) in [6.45, 7) is 3.57. The van der Waals surface area contributed by atoms with Crippen molar-refractivity contribution in [2.24, 2.45) is 5.73 Å². The van der Waals surface area contributed by atoms with Crippen molar-refractivity contribution >= 4 is 19.8 Å². The predicted octanol–water partition coefficient (Wildman–Crippen LogP) is 12.5. The van der Waals surface area contributed by atoms with Crippen LogP contribution >= 0.6 is 7.82 Å². The highest BCUT2D eigenvalue weighted by Crippen LogP contribution is 2.43. The normalized spacial score (nSPS) is 13.9. The molecule has 2 atom stereocenters. The van der Waals surface area contributed by atoms with Gasteiger partial charge in [-0.05, 0) is 77.0 Å². The van der Waals surface area contributed by atoms with E-state index < -0.39 is 32.5 Å². The van der Waals surface area contributed by atoms with Crippen molar-refractivity contribution in [1.82, 2.24) is 0 Å². The molecule has 0 aliphatic rings. The lowest BCUT2D eigenvalue weighted by molar-refractivity contribution is -0.161. The largest absolute Gasteiger partial charge is 0.472 e. The molecule has 0 amide bonds. The molecule has 3 N–H and O–H groups in total. The molecule has 10 heteroatoms. The van der Waals surface area contributed by atoms with Gasteiger partial charge in [-0.15, -0.1) is 0 Å².